The van der Waals surface area contributed by atoms with Crippen LogP contribution in [0.25, 0.3) is 8.25 Å². The van der Waals surface area contributed by atoms with Gasteiger partial charge in [-0.25, -0.2) is 33.7 Å². The minimum Gasteiger partial charge on any atom is -0.425 e. The standard InChI is InChI=1S/2C8F18NO4S2.2Na/c2*9-1(10,5(17,18)19)3(13,14)7(23,24)32(28,29)27-33(30,31)8(25,26)4(15,16)2(11,12)6(20,21)22;;/q2*-1;2*+1. The van der Waals surface area contributed by atoms with Gasteiger partial charge < -0.3 is 8.25 Å². The van der Waals surface area contributed by atoms with Gasteiger partial charge in [0.2, 0.25) is 0 Å². The molecule has 0 atom stereocenters. The maximum absolute atomic E-state index is 13.2. The first kappa shape index (κ1) is 73.7. The maximum atomic E-state index is 13.2. The van der Waals surface area contributed by atoms with Crippen molar-refractivity contribution in [3.05, 3.63) is 8.25 Å². The summed E-state index contributed by atoms with van der Waals surface area (Å²) in [7, 11) is -35.2. The van der Waals surface area contributed by atoms with Gasteiger partial charge in [0.25, 0.3) is 0 Å². The Balaban J connectivity index is -0.000000585. The van der Waals surface area contributed by atoms with Gasteiger partial charge >= 0.3 is 152 Å². The average molecular weight is 1210 g/mol. The molecule has 52 heteroatoms. The van der Waals surface area contributed by atoms with Crippen LogP contribution >= 0.6 is 0 Å². The molecule has 0 aromatic carbocycles. The van der Waals surface area contributed by atoms with Crippen LogP contribution in [0.3, 0.4) is 0 Å². The van der Waals surface area contributed by atoms with Crippen molar-refractivity contribution >= 4 is 40.1 Å². The van der Waals surface area contributed by atoms with Gasteiger partial charge in [-0.2, -0.15) is 158 Å². The fourth-order valence-corrected chi connectivity index (χ4v) is 7.91. The van der Waals surface area contributed by atoms with Crippen molar-refractivity contribution in [1.29, 1.82) is 0 Å². The Morgan fingerprint density at radius 2 is 0.279 bits per heavy atom. The van der Waals surface area contributed by atoms with E-state index in [0.29, 0.717) is 0 Å². The van der Waals surface area contributed by atoms with Crippen molar-refractivity contribution in [3.8, 4) is 0 Å². The predicted octanol–water partition coefficient (Wildman–Crippen LogP) is 3.75. The van der Waals surface area contributed by atoms with Crippen LogP contribution in [0.1, 0.15) is 0 Å². The second-order valence-electron chi connectivity index (χ2n) is 10.7. The normalized spacial score (nSPS) is 16.3. The SMILES string of the molecule is O=S(=O)([N-]S(=O)(=O)C(F)(F)C(F)(F)C(F)(F)C(F)(F)F)C(F)(F)C(F)(F)C(F)(F)C(F)(F)F.O=S(=O)([N-]S(=O)(=O)C(F)(F)C(F)(F)C(F)(F)C(F)(F)F)C(F)(F)C(F)(F)C(F)(F)C(F)(F)F.[Na+].[Na+]. The van der Waals surface area contributed by atoms with Crippen molar-refractivity contribution in [3.63, 3.8) is 0 Å². The predicted molar refractivity (Wildman–Crippen MR) is 126 cm³/mol. The number of sulfonamides is 4. The van der Waals surface area contributed by atoms with Gasteiger partial charge in [-0.15, -0.1) is 0 Å². The van der Waals surface area contributed by atoms with E-state index in [2.05, 4.69) is 0 Å². The quantitative estimate of drug-likeness (QED) is 0.167. The molecule has 0 aliphatic rings. The van der Waals surface area contributed by atoms with Crippen molar-refractivity contribution in [2.45, 2.75) is 93.1 Å². The van der Waals surface area contributed by atoms with E-state index < -0.39 is 133 Å². The topological polar surface area (TPSA) is 165 Å². The molecule has 0 aliphatic carbocycles. The Morgan fingerprint density at radius 1 is 0.191 bits per heavy atom. The van der Waals surface area contributed by atoms with E-state index in [-0.39, 0.29) is 67.4 Å². The number of rotatable bonds is 16. The number of hydrogen-bond donors (Lipinski definition) is 0. The van der Waals surface area contributed by atoms with E-state index >= 15 is 0 Å². The van der Waals surface area contributed by atoms with E-state index in [1.165, 1.54) is 0 Å². The van der Waals surface area contributed by atoms with E-state index in [9.17, 15) is 192 Å². The Morgan fingerprint density at radius 3 is 0.353 bits per heavy atom. The molecular formula is C16F36N2Na2O8S4. The van der Waals surface area contributed by atoms with Crippen molar-refractivity contribution in [2.24, 2.45) is 0 Å². The third-order valence-electron chi connectivity index (χ3n) is 6.15. The molecule has 0 aromatic heterocycles. The smallest absolute Gasteiger partial charge is 0.425 e. The summed E-state index contributed by atoms with van der Waals surface area (Å²) in [6.45, 7) is 0. The van der Waals surface area contributed by atoms with Crippen LogP contribution in [0.15, 0.2) is 0 Å². The number of alkyl halides is 36. The van der Waals surface area contributed by atoms with Gasteiger partial charge in [0.15, 0.2) is 40.1 Å². The van der Waals surface area contributed by atoms with Gasteiger partial charge in [0, 0.05) is 0 Å². The first-order valence-corrected chi connectivity index (χ1v) is 18.4. The molecule has 0 heterocycles. The Hall–Kier alpha value is -0.800. The molecule has 0 bridgehead atoms. The molecule has 0 rings (SSSR count). The fraction of sp³-hybridized carbons (Fsp3) is 1.00. The third-order valence-corrected chi connectivity index (χ3v) is 12.9. The van der Waals surface area contributed by atoms with E-state index in [1.54, 1.807) is 0 Å². The minimum absolute atomic E-state index is 0. The van der Waals surface area contributed by atoms with Gasteiger partial charge in [0.05, 0.1) is 0 Å². The van der Waals surface area contributed by atoms with E-state index in [4.69, 9.17) is 0 Å². The molecule has 0 aliphatic heterocycles. The molecule has 0 unspecified atom stereocenters. The molecule has 0 amide bonds. The molecule has 0 saturated carbocycles. The number of hydrogen-bond acceptors (Lipinski definition) is 8. The summed E-state index contributed by atoms with van der Waals surface area (Å²) in [6, 6.07) is 0. The second-order valence-corrected chi connectivity index (χ2v) is 17.7. The summed E-state index contributed by atoms with van der Waals surface area (Å²) in [6.07, 6.45) is -31.1. The molecule has 0 spiro atoms. The zero-order valence-corrected chi connectivity index (χ0v) is 36.7. The third kappa shape index (κ3) is 11.2. The van der Waals surface area contributed by atoms with Crippen molar-refractivity contribution < 1.29 is 251 Å². The zero-order chi connectivity index (χ0) is 55.4. The summed E-state index contributed by atoms with van der Waals surface area (Å²) in [4.78, 5) is 0. The Kier molecular flexibility index (Phi) is 20.8. The van der Waals surface area contributed by atoms with Crippen LogP contribution in [0.4, 0.5) is 158 Å². The zero-order valence-electron chi connectivity index (χ0n) is 29.4. The van der Waals surface area contributed by atoms with Gasteiger partial charge in [0.1, 0.15) is 0 Å². The number of nitrogens with zero attached hydrogens (tertiary/aromatic N) is 2. The Bertz CT molecular complexity index is 1930. The monoisotopic (exact) mass is 1210 g/mol. The molecule has 0 saturated heterocycles. The first-order chi connectivity index (χ1) is 27.4. The van der Waals surface area contributed by atoms with Crippen LogP contribution in [0, 0.1) is 0 Å². The molecule has 400 valence electrons. The summed E-state index contributed by atoms with van der Waals surface area (Å²) in [5, 5.41) is -32.9. The second kappa shape index (κ2) is 19.2. The molecular weight excluding hydrogens is 1210 g/mol. The first-order valence-electron chi connectivity index (χ1n) is 12.7. The van der Waals surface area contributed by atoms with Gasteiger partial charge in [-0.3, -0.25) is 0 Å². The van der Waals surface area contributed by atoms with E-state index in [0.717, 1.165) is 0 Å². The molecule has 0 radical (unpaired) electrons. The van der Waals surface area contributed by atoms with Crippen LogP contribution in [0.5, 0.6) is 0 Å². The summed E-state index contributed by atoms with van der Waals surface area (Å²) in [5.41, 5.74) is 0. The molecule has 0 fully saturated rings. The minimum atomic E-state index is -8.81. The van der Waals surface area contributed by atoms with E-state index in [1.807, 2.05) is 0 Å². The van der Waals surface area contributed by atoms with Crippen LogP contribution in [-0.4, -0.2) is 127 Å². The summed E-state index contributed by atoms with van der Waals surface area (Å²) >= 11 is 0. The largest absolute Gasteiger partial charge is 1.00 e. The molecule has 68 heavy (non-hydrogen) atoms. The van der Waals surface area contributed by atoms with Crippen LogP contribution in [-0.2, 0) is 40.1 Å². The van der Waals surface area contributed by atoms with Gasteiger partial charge in [-0.05, 0) is 0 Å². The maximum Gasteiger partial charge on any atom is 1.00 e. The van der Waals surface area contributed by atoms with Crippen molar-refractivity contribution in [2.75, 3.05) is 0 Å². The number of halogens is 36. The fourth-order valence-electron chi connectivity index (χ4n) is 2.54. The van der Waals surface area contributed by atoms with Crippen LogP contribution < -0.4 is 59.1 Å². The van der Waals surface area contributed by atoms with Gasteiger partial charge in [-0.1, -0.05) is 0 Å². The molecule has 10 nitrogen and oxygen atoms in total. The summed E-state index contributed by atoms with van der Waals surface area (Å²) in [5.74, 6) is -65.9. The average Bonchev–Trinajstić information content (AvgIpc) is 3.00. The molecule has 0 aromatic rings. The molecule has 0 N–H and O–H groups in total. The van der Waals surface area contributed by atoms with Crippen LogP contribution in [0.2, 0.25) is 0 Å². The van der Waals surface area contributed by atoms with Crippen molar-refractivity contribution in [1.82, 2.24) is 0 Å². The summed E-state index contributed by atoms with van der Waals surface area (Å²) < 4.78 is 539. The Labute approximate surface area is 390 Å².